The molecule has 0 aliphatic heterocycles. The maximum Gasteiger partial charge on any atom is 0.136 e. The minimum absolute atomic E-state index is 0.565. The highest BCUT2D eigenvalue weighted by Gasteiger charge is 2.10. The molecular weight excluding hydrogens is 342 g/mol. The van der Waals surface area contributed by atoms with Crippen molar-refractivity contribution in [3.63, 3.8) is 0 Å². The molecule has 0 bridgehead atoms. The molecule has 4 nitrogen and oxygen atoms in total. The number of anilines is 1. The minimum atomic E-state index is 0.565. The molecule has 20 heavy (non-hydrogen) atoms. The third kappa shape index (κ3) is 2.59. The van der Waals surface area contributed by atoms with E-state index in [1.54, 1.807) is 18.8 Å². The Balaban J connectivity index is 1.90. The van der Waals surface area contributed by atoms with Crippen LogP contribution < -0.4 is 5.32 Å². The molecule has 102 valence electrons. The molecule has 1 N–H and O–H groups in total. The number of halogens is 2. The first-order valence-corrected chi connectivity index (χ1v) is 7.15. The Morgan fingerprint density at radius 3 is 2.95 bits per heavy atom. The third-order valence-electron chi connectivity index (χ3n) is 2.88. The third-order valence-corrected chi connectivity index (χ3v) is 3.89. The van der Waals surface area contributed by atoms with E-state index in [0.29, 0.717) is 11.6 Å². The lowest BCUT2D eigenvalue weighted by Gasteiger charge is -2.13. The molecule has 3 aromatic rings. The molecule has 0 fully saturated rings. The molecule has 0 saturated carbocycles. The van der Waals surface area contributed by atoms with Crippen molar-refractivity contribution < 1.29 is 4.42 Å². The Morgan fingerprint density at radius 1 is 1.35 bits per heavy atom. The molecule has 0 amide bonds. The van der Waals surface area contributed by atoms with Crippen LogP contribution in [0.1, 0.15) is 5.76 Å². The number of hydrogen-bond acceptors (Lipinski definition) is 3. The van der Waals surface area contributed by atoms with Crippen LogP contribution in [0.25, 0.3) is 5.69 Å². The summed E-state index contributed by atoms with van der Waals surface area (Å²) < 4.78 is 8.20. The summed E-state index contributed by atoms with van der Waals surface area (Å²) >= 11 is 9.73. The second kappa shape index (κ2) is 5.73. The Morgan fingerprint density at radius 2 is 2.25 bits per heavy atom. The number of nitrogens with one attached hydrogen (secondary N) is 1. The molecule has 0 radical (unpaired) electrons. The van der Waals surface area contributed by atoms with Crippen molar-refractivity contribution in [3.8, 4) is 5.69 Å². The second-order valence-corrected chi connectivity index (χ2v) is 5.41. The van der Waals surface area contributed by atoms with Gasteiger partial charge in [0.2, 0.25) is 0 Å². The number of rotatable bonds is 4. The van der Waals surface area contributed by atoms with Crippen LogP contribution in [-0.4, -0.2) is 9.55 Å². The van der Waals surface area contributed by atoms with E-state index in [1.807, 2.05) is 35.0 Å². The van der Waals surface area contributed by atoms with Crippen LogP contribution in [0.5, 0.6) is 0 Å². The van der Waals surface area contributed by atoms with Crippen molar-refractivity contribution in [2.24, 2.45) is 0 Å². The van der Waals surface area contributed by atoms with Crippen LogP contribution in [0.15, 0.2) is 58.1 Å². The lowest BCUT2D eigenvalue weighted by atomic mass is 10.2. The lowest BCUT2D eigenvalue weighted by molar-refractivity contribution is 0.516. The Hall–Kier alpha value is -1.72. The first kappa shape index (κ1) is 13.3. The normalized spacial score (nSPS) is 10.7. The number of aromatic nitrogens is 2. The van der Waals surface area contributed by atoms with Crippen molar-refractivity contribution in [3.05, 3.63) is 64.5 Å². The van der Waals surface area contributed by atoms with Crippen LogP contribution in [0, 0.1) is 0 Å². The standard InChI is InChI=1S/C14H11BrClN3O/c15-10-4-7-20-13(10)8-18-12-3-1-2-11(16)14(12)19-6-5-17-9-19/h1-7,9,18H,8H2. The van der Waals surface area contributed by atoms with Gasteiger partial charge in [-0.2, -0.15) is 0 Å². The van der Waals surface area contributed by atoms with E-state index in [9.17, 15) is 0 Å². The van der Waals surface area contributed by atoms with Crippen molar-refractivity contribution in [2.75, 3.05) is 5.32 Å². The van der Waals surface area contributed by atoms with Gasteiger partial charge in [-0.15, -0.1) is 0 Å². The zero-order valence-corrected chi connectivity index (χ0v) is 12.7. The van der Waals surface area contributed by atoms with Crippen LogP contribution >= 0.6 is 27.5 Å². The maximum atomic E-state index is 6.29. The molecule has 2 heterocycles. The molecule has 0 unspecified atom stereocenters. The fourth-order valence-electron chi connectivity index (χ4n) is 1.94. The van der Waals surface area contributed by atoms with Gasteiger partial charge in [-0.25, -0.2) is 4.98 Å². The lowest BCUT2D eigenvalue weighted by Crippen LogP contribution is -2.04. The zero-order valence-electron chi connectivity index (χ0n) is 10.4. The number of para-hydroxylation sites is 1. The fraction of sp³-hybridized carbons (Fsp3) is 0.0714. The van der Waals surface area contributed by atoms with Crippen LogP contribution in [-0.2, 0) is 6.54 Å². The monoisotopic (exact) mass is 351 g/mol. The maximum absolute atomic E-state index is 6.29. The van der Waals surface area contributed by atoms with E-state index in [-0.39, 0.29) is 0 Å². The fourth-order valence-corrected chi connectivity index (χ4v) is 2.55. The number of benzene rings is 1. The minimum Gasteiger partial charge on any atom is -0.466 e. The van der Waals surface area contributed by atoms with Gasteiger partial charge < -0.3 is 14.3 Å². The molecular formula is C14H11BrClN3O. The van der Waals surface area contributed by atoms with Crippen LogP contribution in [0.3, 0.4) is 0 Å². The molecule has 0 aliphatic carbocycles. The second-order valence-electron chi connectivity index (χ2n) is 4.15. The quantitative estimate of drug-likeness (QED) is 0.752. The number of hydrogen-bond donors (Lipinski definition) is 1. The molecule has 0 atom stereocenters. The molecule has 3 rings (SSSR count). The van der Waals surface area contributed by atoms with E-state index in [1.165, 1.54) is 0 Å². The summed E-state index contributed by atoms with van der Waals surface area (Å²) in [7, 11) is 0. The van der Waals surface area contributed by atoms with Crippen LogP contribution in [0.2, 0.25) is 5.02 Å². The van der Waals surface area contributed by atoms with Gasteiger partial charge in [-0.1, -0.05) is 17.7 Å². The molecule has 0 spiro atoms. The van der Waals surface area contributed by atoms with Gasteiger partial charge >= 0.3 is 0 Å². The summed E-state index contributed by atoms with van der Waals surface area (Å²) in [6, 6.07) is 7.59. The van der Waals surface area contributed by atoms with E-state index >= 15 is 0 Å². The molecule has 0 saturated heterocycles. The van der Waals surface area contributed by atoms with E-state index in [4.69, 9.17) is 16.0 Å². The summed E-state index contributed by atoms with van der Waals surface area (Å²) in [4.78, 5) is 4.06. The van der Waals surface area contributed by atoms with Gasteiger partial charge in [-0.05, 0) is 34.1 Å². The van der Waals surface area contributed by atoms with Gasteiger partial charge in [0.15, 0.2) is 0 Å². The van der Waals surface area contributed by atoms with Gasteiger partial charge in [0.25, 0.3) is 0 Å². The van der Waals surface area contributed by atoms with E-state index in [2.05, 4.69) is 26.2 Å². The van der Waals surface area contributed by atoms with Gasteiger partial charge in [-0.3, -0.25) is 0 Å². The summed E-state index contributed by atoms with van der Waals surface area (Å²) in [5, 5.41) is 3.99. The van der Waals surface area contributed by atoms with Gasteiger partial charge in [0, 0.05) is 12.4 Å². The first-order valence-electron chi connectivity index (χ1n) is 5.98. The Bertz CT molecular complexity index is 709. The summed E-state index contributed by atoms with van der Waals surface area (Å²) in [5.74, 6) is 0.835. The topological polar surface area (TPSA) is 43.0 Å². The SMILES string of the molecule is Clc1cccc(NCc2occc2Br)c1-n1ccnc1. The van der Waals surface area contributed by atoms with Crippen molar-refractivity contribution in [1.29, 1.82) is 0 Å². The zero-order chi connectivity index (χ0) is 13.9. The number of imidazole rings is 1. The average molecular weight is 353 g/mol. The smallest absolute Gasteiger partial charge is 0.136 e. The number of nitrogens with zero attached hydrogens (tertiary/aromatic N) is 2. The largest absolute Gasteiger partial charge is 0.466 e. The van der Waals surface area contributed by atoms with E-state index in [0.717, 1.165) is 21.6 Å². The first-order chi connectivity index (χ1) is 9.75. The van der Waals surface area contributed by atoms with Crippen molar-refractivity contribution >= 4 is 33.2 Å². The van der Waals surface area contributed by atoms with Gasteiger partial charge in [0.05, 0.1) is 40.0 Å². The summed E-state index contributed by atoms with van der Waals surface area (Å²) in [6.07, 6.45) is 6.94. The molecule has 6 heteroatoms. The van der Waals surface area contributed by atoms with Crippen molar-refractivity contribution in [1.82, 2.24) is 9.55 Å². The Labute approximate surface area is 129 Å². The predicted octanol–water partition coefficient (Wildman–Crippen LogP) is 4.49. The van der Waals surface area contributed by atoms with Crippen LogP contribution in [0.4, 0.5) is 5.69 Å². The van der Waals surface area contributed by atoms with E-state index < -0.39 is 0 Å². The molecule has 0 aliphatic rings. The Kier molecular flexibility index (Phi) is 3.80. The summed E-state index contributed by atoms with van der Waals surface area (Å²) in [5.41, 5.74) is 1.79. The summed E-state index contributed by atoms with van der Waals surface area (Å²) in [6.45, 7) is 0.565. The highest BCUT2D eigenvalue weighted by atomic mass is 79.9. The van der Waals surface area contributed by atoms with Gasteiger partial charge in [0.1, 0.15) is 5.76 Å². The average Bonchev–Trinajstić information content (AvgIpc) is 3.08. The van der Waals surface area contributed by atoms with Crippen molar-refractivity contribution in [2.45, 2.75) is 6.54 Å². The number of furan rings is 1. The predicted molar refractivity (Wildman–Crippen MR) is 82.3 cm³/mol. The molecule has 2 aromatic heterocycles. The highest BCUT2D eigenvalue weighted by molar-refractivity contribution is 9.10. The molecule has 1 aromatic carbocycles. The highest BCUT2D eigenvalue weighted by Crippen LogP contribution is 2.29.